The van der Waals surface area contributed by atoms with E-state index in [0.29, 0.717) is 0 Å². The first kappa shape index (κ1) is 12.2. The largest absolute Gasteiger partial charge is 0.266 e. The minimum atomic E-state index is -3.42. The van der Waals surface area contributed by atoms with E-state index < -0.39 is 10.0 Å². The lowest BCUT2D eigenvalue weighted by molar-refractivity contribution is 0.315. The van der Waals surface area contributed by atoms with Crippen molar-refractivity contribution in [3.63, 3.8) is 0 Å². The Labute approximate surface area is 90.5 Å². The molecule has 0 saturated heterocycles. The third kappa shape index (κ3) is 2.38. The van der Waals surface area contributed by atoms with E-state index in [2.05, 4.69) is 10.2 Å². The molecule has 6 heteroatoms. The van der Waals surface area contributed by atoms with Crippen molar-refractivity contribution in [2.24, 2.45) is 5.92 Å². The Bertz CT molecular complexity index is 397. The first-order chi connectivity index (χ1) is 6.87. The van der Waals surface area contributed by atoms with Gasteiger partial charge in [-0.3, -0.25) is 5.10 Å². The summed E-state index contributed by atoms with van der Waals surface area (Å²) in [5.41, 5.74) is 0. The van der Waals surface area contributed by atoms with E-state index >= 15 is 0 Å². The van der Waals surface area contributed by atoms with Crippen LogP contribution in [0.15, 0.2) is 17.3 Å². The molecule has 1 atom stereocenters. The van der Waals surface area contributed by atoms with Gasteiger partial charge in [0, 0.05) is 13.1 Å². The number of H-pyrrole nitrogens is 1. The molecule has 0 radical (unpaired) electrons. The number of nitrogens with one attached hydrogen (secondary N) is 1. The van der Waals surface area contributed by atoms with E-state index in [1.54, 1.807) is 7.05 Å². The number of hydrogen-bond acceptors (Lipinski definition) is 3. The molecule has 1 aromatic rings. The molecule has 15 heavy (non-hydrogen) atoms. The maximum absolute atomic E-state index is 12.0. The molecular weight excluding hydrogens is 214 g/mol. The monoisotopic (exact) mass is 231 g/mol. The molecule has 0 aliphatic rings. The minimum absolute atomic E-state index is 0.0432. The van der Waals surface area contributed by atoms with Gasteiger partial charge >= 0.3 is 0 Å². The second-order valence-electron chi connectivity index (χ2n) is 3.93. The summed E-state index contributed by atoms with van der Waals surface area (Å²) in [5.74, 6) is 0.271. The van der Waals surface area contributed by atoms with E-state index in [1.807, 2.05) is 20.8 Å². The number of sulfonamides is 1. The van der Waals surface area contributed by atoms with Crippen molar-refractivity contribution in [2.75, 3.05) is 7.05 Å². The van der Waals surface area contributed by atoms with Gasteiger partial charge < -0.3 is 0 Å². The molecule has 0 bridgehead atoms. The Morgan fingerprint density at radius 3 is 2.40 bits per heavy atom. The lowest BCUT2D eigenvalue weighted by atomic mass is 10.1. The third-order valence-electron chi connectivity index (χ3n) is 2.67. The Balaban J connectivity index is 2.98. The molecule has 1 aromatic heterocycles. The quantitative estimate of drug-likeness (QED) is 0.843. The number of hydrogen-bond donors (Lipinski definition) is 1. The SMILES string of the molecule is CC(C)C(C)N(C)S(=O)(=O)c1ccn[nH]1. The second-order valence-corrected chi connectivity index (χ2v) is 5.89. The maximum Gasteiger partial charge on any atom is 0.259 e. The van der Waals surface area contributed by atoms with Crippen molar-refractivity contribution in [3.05, 3.63) is 12.3 Å². The van der Waals surface area contributed by atoms with Crippen molar-refractivity contribution in [2.45, 2.75) is 31.8 Å². The van der Waals surface area contributed by atoms with Gasteiger partial charge in [-0.05, 0) is 18.9 Å². The Morgan fingerprint density at radius 2 is 2.00 bits per heavy atom. The predicted molar refractivity (Wildman–Crippen MR) is 57.8 cm³/mol. The first-order valence-electron chi connectivity index (χ1n) is 4.84. The van der Waals surface area contributed by atoms with Gasteiger partial charge in [-0.25, -0.2) is 8.42 Å². The average Bonchev–Trinajstić information content (AvgIpc) is 2.68. The molecule has 1 N–H and O–H groups in total. The maximum atomic E-state index is 12.0. The van der Waals surface area contributed by atoms with Crippen LogP contribution in [0.4, 0.5) is 0 Å². The van der Waals surface area contributed by atoms with Gasteiger partial charge in [-0.2, -0.15) is 9.40 Å². The van der Waals surface area contributed by atoms with Crippen LogP contribution in [0.2, 0.25) is 0 Å². The molecule has 0 aromatic carbocycles. The van der Waals surface area contributed by atoms with Crippen LogP contribution in [0.25, 0.3) is 0 Å². The summed E-state index contributed by atoms with van der Waals surface area (Å²) in [5, 5.41) is 6.25. The standard InChI is InChI=1S/C9H17N3O2S/c1-7(2)8(3)12(4)15(13,14)9-5-6-10-11-9/h5-8H,1-4H3,(H,10,11). The third-order valence-corrected chi connectivity index (χ3v) is 4.54. The lowest BCUT2D eigenvalue weighted by Gasteiger charge is -2.26. The van der Waals surface area contributed by atoms with Gasteiger partial charge in [0.1, 0.15) is 0 Å². The molecular formula is C9H17N3O2S. The Hall–Kier alpha value is -0.880. The molecule has 0 spiro atoms. The van der Waals surface area contributed by atoms with Crippen molar-refractivity contribution in [3.8, 4) is 0 Å². The molecule has 1 rings (SSSR count). The molecule has 5 nitrogen and oxygen atoms in total. The van der Waals surface area contributed by atoms with Crippen molar-refractivity contribution in [1.82, 2.24) is 14.5 Å². The summed E-state index contributed by atoms with van der Waals surface area (Å²) < 4.78 is 25.4. The Morgan fingerprint density at radius 1 is 1.40 bits per heavy atom. The topological polar surface area (TPSA) is 66.1 Å². The van der Waals surface area contributed by atoms with Crippen LogP contribution in [0.5, 0.6) is 0 Å². The summed E-state index contributed by atoms with van der Waals surface area (Å²) in [7, 11) is -1.84. The zero-order chi connectivity index (χ0) is 11.6. The van der Waals surface area contributed by atoms with E-state index in [4.69, 9.17) is 0 Å². The molecule has 0 aliphatic carbocycles. The van der Waals surface area contributed by atoms with E-state index in [9.17, 15) is 8.42 Å². The fourth-order valence-electron chi connectivity index (χ4n) is 1.18. The molecule has 0 saturated carbocycles. The number of aromatic nitrogens is 2. The molecule has 86 valence electrons. The van der Waals surface area contributed by atoms with Crippen molar-refractivity contribution >= 4 is 10.0 Å². The minimum Gasteiger partial charge on any atom is -0.266 e. The van der Waals surface area contributed by atoms with E-state index in [1.165, 1.54) is 16.6 Å². The zero-order valence-electron chi connectivity index (χ0n) is 9.43. The summed E-state index contributed by atoms with van der Waals surface area (Å²) in [4.78, 5) is 0. The lowest BCUT2D eigenvalue weighted by Crippen LogP contribution is -2.38. The highest BCUT2D eigenvalue weighted by molar-refractivity contribution is 7.89. The molecule has 0 aliphatic heterocycles. The van der Waals surface area contributed by atoms with E-state index in [0.717, 1.165) is 0 Å². The van der Waals surface area contributed by atoms with Gasteiger partial charge in [0.15, 0.2) is 5.03 Å². The summed E-state index contributed by atoms with van der Waals surface area (Å²) in [6, 6.07) is 1.41. The molecule has 1 unspecified atom stereocenters. The second kappa shape index (κ2) is 4.32. The van der Waals surface area contributed by atoms with Crippen LogP contribution >= 0.6 is 0 Å². The van der Waals surface area contributed by atoms with Crippen LogP contribution in [0, 0.1) is 5.92 Å². The summed E-state index contributed by atoms with van der Waals surface area (Å²) in [6.45, 7) is 5.87. The molecule has 1 heterocycles. The van der Waals surface area contributed by atoms with Crippen LogP contribution in [0.1, 0.15) is 20.8 Å². The van der Waals surface area contributed by atoms with Crippen LogP contribution in [-0.2, 0) is 10.0 Å². The average molecular weight is 231 g/mol. The van der Waals surface area contributed by atoms with Crippen LogP contribution in [0.3, 0.4) is 0 Å². The smallest absolute Gasteiger partial charge is 0.259 e. The Kier molecular flexibility index (Phi) is 3.51. The summed E-state index contributed by atoms with van der Waals surface area (Å²) in [6.07, 6.45) is 1.43. The first-order valence-corrected chi connectivity index (χ1v) is 6.28. The van der Waals surface area contributed by atoms with Crippen LogP contribution in [-0.4, -0.2) is 36.0 Å². The van der Waals surface area contributed by atoms with Gasteiger partial charge in [0.25, 0.3) is 10.0 Å². The normalized spacial score (nSPS) is 14.8. The number of rotatable bonds is 4. The fourth-order valence-corrected chi connectivity index (χ4v) is 2.57. The molecule has 0 amide bonds. The highest BCUT2D eigenvalue weighted by Crippen LogP contribution is 2.17. The van der Waals surface area contributed by atoms with Gasteiger partial charge in [0.05, 0.1) is 6.20 Å². The zero-order valence-corrected chi connectivity index (χ0v) is 10.2. The number of aromatic amines is 1. The predicted octanol–water partition coefficient (Wildman–Crippen LogP) is 1.07. The van der Waals surface area contributed by atoms with Crippen molar-refractivity contribution in [1.29, 1.82) is 0 Å². The molecule has 0 fully saturated rings. The van der Waals surface area contributed by atoms with Crippen LogP contribution < -0.4 is 0 Å². The summed E-state index contributed by atoms with van der Waals surface area (Å²) >= 11 is 0. The van der Waals surface area contributed by atoms with Gasteiger partial charge in [0.2, 0.25) is 0 Å². The van der Waals surface area contributed by atoms with Crippen molar-refractivity contribution < 1.29 is 8.42 Å². The highest BCUT2D eigenvalue weighted by Gasteiger charge is 2.27. The van der Waals surface area contributed by atoms with Gasteiger partial charge in [-0.15, -0.1) is 0 Å². The number of nitrogens with zero attached hydrogens (tertiary/aromatic N) is 2. The highest BCUT2D eigenvalue weighted by atomic mass is 32.2. The van der Waals surface area contributed by atoms with E-state index in [-0.39, 0.29) is 17.0 Å². The van der Waals surface area contributed by atoms with Gasteiger partial charge in [-0.1, -0.05) is 13.8 Å². The fraction of sp³-hybridized carbons (Fsp3) is 0.667.